The molecule has 2 atom stereocenters. The number of aromatic nitrogens is 2. The van der Waals surface area contributed by atoms with E-state index in [-0.39, 0.29) is 11.9 Å². The molecule has 4 nitrogen and oxygen atoms in total. The predicted molar refractivity (Wildman–Crippen MR) is 115 cm³/mol. The molecule has 150 valence electrons. The highest BCUT2D eigenvalue weighted by molar-refractivity contribution is 5.97. The first-order valence-corrected chi connectivity index (χ1v) is 10.7. The Morgan fingerprint density at radius 1 is 1.07 bits per heavy atom. The lowest BCUT2D eigenvalue weighted by Crippen LogP contribution is -2.24. The summed E-state index contributed by atoms with van der Waals surface area (Å²) in [5.41, 5.74) is 3.70. The molecular formula is C25H28N2O2. The zero-order valence-electron chi connectivity index (χ0n) is 16.8. The zero-order valence-corrected chi connectivity index (χ0v) is 16.8. The summed E-state index contributed by atoms with van der Waals surface area (Å²) in [6.07, 6.45) is 10.7. The lowest BCUT2D eigenvalue weighted by Gasteiger charge is -2.27. The fraction of sp³-hybridized carbons (Fsp3) is 0.400. The van der Waals surface area contributed by atoms with Gasteiger partial charge < -0.3 is 5.11 Å². The fourth-order valence-electron chi connectivity index (χ4n) is 4.43. The largest absolute Gasteiger partial charge is 0.393 e. The molecule has 2 heterocycles. The molecule has 1 fully saturated rings. The molecule has 2 aromatic heterocycles. The number of aliphatic hydroxyl groups is 1. The van der Waals surface area contributed by atoms with Gasteiger partial charge in [0.1, 0.15) is 5.69 Å². The van der Waals surface area contributed by atoms with Gasteiger partial charge in [-0.2, -0.15) is 0 Å². The number of carbonyl (C=O) groups is 1. The summed E-state index contributed by atoms with van der Waals surface area (Å²) in [6, 6.07) is 14.0. The van der Waals surface area contributed by atoms with Crippen LogP contribution in [0.3, 0.4) is 0 Å². The van der Waals surface area contributed by atoms with Crippen LogP contribution >= 0.6 is 0 Å². The van der Waals surface area contributed by atoms with Crippen molar-refractivity contribution < 1.29 is 9.90 Å². The van der Waals surface area contributed by atoms with Gasteiger partial charge in [-0.1, -0.05) is 31.0 Å². The minimum atomic E-state index is -0.190. The summed E-state index contributed by atoms with van der Waals surface area (Å²) in [7, 11) is 0. The van der Waals surface area contributed by atoms with Crippen LogP contribution in [0.4, 0.5) is 0 Å². The average molecular weight is 389 g/mol. The molecule has 4 rings (SSSR count). The summed E-state index contributed by atoms with van der Waals surface area (Å²) in [4.78, 5) is 21.6. The smallest absolute Gasteiger partial charge is 0.181 e. The highest BCUT2D eigenvalue weighted by Gasteiger charge is 2.23. The Balaban J connectivity index is 1.50. The lowest BCUT2D eigenvalue weighted by molar-refractivity contribution is 0.0632. The minimum absolute atomic E-state index is 0.0945. The third kappa shape index (κ3) is 4.88. The minimum Gasteiger partial charge on any atom is -0.393 e. The van der Waals surface area contributed by atoms with Crippen molar-refractivity contribution in [2.24, 2.45) is 5.92 Å². The Morgan fingerprint density at radius 2 is 1.86 bits per heavy atom. The van der Waals surface area contributed by atoms with Gasteiger partial charge in [0.2, 0.25) is 0 Å². The van der Waals surface area contributed by atoms with Gasteiger partial charge in [0.25, 0.3) is 0 Å². The third-order valence-electron chi connectivity index (χ3n) is 6.08. The summed E-state index contributed by atoms with van der Waals surface area (Å²) in [5.74, 6) is 0.445. The molecule has 0 aliphatic heterocycles. The highest BCUT2D eigenvalue weighted by atomic mass is 16.3. The van der Waals surface area contributed by atoms with Crippen molar-refractivity contribution in [2.75, 3.05) is 0 Å². The van der Waals surface area contributed by atoms with Crippen molar-refractivity contribution >= 4 is 16.7 Å². The molecular weight excluding hydrogens is 360 g/mol. The fourth-order valence-corrected chi connectivity index (χ4v) is 4.43. The Bertz CT molecular complexity index is 971. The first kappa shape index (κ1) is 19.7. The molecule has 0 spiro atoms. The van der Waals surface area contributed by atoms with Gasteiger partial charge in [-0.3, -0.25) is 9.78 Å². The number of fused-ring (bicyclic) bond motifs is 1. The van der Waals surface area contributed by atoms with E-state index in [2.05, 4.69) is 16.0 Å². The molecule has 0 bridgehead atoms. The lowest BCUT2D eigenvalue weighted by atomic mass is 9.83. The monoisotopic (exact) mass is 388 g/mol. The van der Waals surface area contributed by atoms with Crippen molar-refractivity contribution in [3.8, 4) is 0 Å². The first-order valence-electron chi connectivity index (χ1n) is 10.7. The first-order chi connectivity index (χ1) is 14.2. The van der Waals surface area contributed by atoms with Crippen LogP contribution in [0.5, 0.6) is 0 Å². The van der Waals surface area contributed by atoms with Crippen molar-refractivity contribution in [3.05, 3.63) is 71.7 Å². The molecule has 1 aromatic carbocycles. The van der Waals surface area contributed by atoms with E-state index in [1.807, 2.05) is 36.4 Å². The molecule has 0 amide bonds. The standard InChI is InChI=1S/C25H28N2O2/c28-24-10-4-1-6-19(24)7-5-11-25(29)23-17-20(16-18-12-14-26-15-13-18)21-8-2-3-9-22(21)27-23/h2-3,8-9,12-15,17,19,24,28H,1,4-7,10-11,16H2/t19?,24-/m0/s1. The number of rotatable bonds is 7. The Labute approximate surface area is 172 Å². The summed E-state index contributed by atoms with van der Waals surface area (Å²) >= 11 is 0. The number of carbonyl (C=O) groups excluding carboxylic acids is 1. The van der Waals surface area contributed by atoms with E-state index >= 15 is 0 Å². The molecule has 1 aliphatic carbocycles. The van der Waals surface area contributed by atoms with Crippen LogP contribution in [0.2, 0.25) is 0 Å². The number of benzene rings is 1. The maximum absolute atomic E-state index is 12.9. The Morgan fingerprint density at radius 3 is 2.69 bits per heavy atom. The van der Waals surface area contributed by atoms with Crippen molar-refractivity contribution in [1.82, 2.24) is 9.97 Å². The molecule has 4 heteroatoms. The Hall–Kier alpha value is -2.59. The van der Waals surface area contributed by atoms with E-state index in [1.54, 1.807) is 12.4 Å². The van der Waals surface area contributed by atoms with Gasteiger partial charge >= 0.3 is 0 Å². The van der Waals surface area contributed by atoms with Gasteiger partial charge in [-0.25, -0.2) is 4.98 Å². The summed E-state index contributed by atoms with van der Waals surface area (Å²) in [6.45, 7) is 0. The van der Waals surface area contributed by atoms with Crippen molar-refractivity contribution in [3.63, 3.8) is 0 Å². The SMILES string of the molecule is O=C(CCCC1CCCC[C@@H]1O)c1cc(Cc2ccncc2)c2ccccc2n1. The number of Topliss-reactive ketones (excluding diaryl/α,β-unsaturated/α-hetero) is 1. The van der Waals surface area contributed by atoms with E-state index in [0.717, 1.165) is 55.0 Å². The van der Waals surface area contributed by atoms with Gasteiger partial charge in [-0.05, 0) is 73.4 Å². The summed E-state index contributed by atoms with van der Waals surface area (Å²) < 4.78 is 0. The maximum atomic E-state index is 12.9. The van der Waals surface area contributed by atoms with E-state index < -0.39 is 0 Å². The number of hydrogen-bond donors (Lipinski definition) is 1. The topological polar surface area (TPSA) is 63.1 Å². The van der Waals surface area contributed by atoms with E-state index in [4.69, 9.17) is 0 Å². The third-order valence-corrected chi connectivity index (χ3v) is 6.08. The van der Waals surface area contributed by atoms with Gasteiger partial charge in [0.05, 0.1) is 11.6 Å². The zero-order chi connectivity index (χ0) is 20.1. The van der Waals surface area contributed by atoms with Crippen LogP contribution in [-0.2, 0) is 6.42 Å². The number of hydrogen-bond acceptors (Lipinski definition) is 4. The molecule has 1 unspecified atom stereocenters. The number of pyridine rings is 2. The van der Waals surface area contributed by atoms with E-state index in [1.165, 1.54) is 12.0 Å². The average Bonchev–Trinajstić information content (AvgIpc) is 2.75. The van der Waals surface area contributed by atoms with Gasteiger partial charge in [-0.15, -0.1) is 0 Å². The van der Waals surface area contributed by atoms with E-state index in [9.17, 15) is 9.90 Å². The second-order valence-corrected chi connectivity index (χ2v) is 8.14. The van der Waals surface area contributed by atoms with Gasteiger partial charge in [0, 0.05) is 24.2 Å². The quantitative estimate of drug-likeness (QED) is 0.570. The normalized spacial score (nSPS) is 19.3. The molecule has 0 radical (unpaired) electrons. The number of aliphatic hydroxyl groups excluding tert-OH is 1. The molecule has 1 aliphatic rings. The second-order valence-electron chi connectivity index (χ2n) is 8.14. The molecule has 29 heavy (non-hydrogen) atoms. The van der Waals surface area contributed by atoms with Crippen LogP contribution in [0, 0.1) is 5.92 Å². The maximum Gasteiger partial charge on any atom is 0.181 e. The Kier molecular flexibility index (Phi) is 6.30. The highest BCUT2D eigenvalue weighted by Crippen LogP contribution is 2.29. The van der Waals surface area contributed by atoms with E-state index in [0.29, 0.717) is 18.0 Å². The molecule has 3 aromatic rings. The molecule has 0 saturated heterocycles. The number of nitrogens with zero attached hydrogens (tertiary/aromatic N) is 2. The molecule has 1 N–H and O–H groups in total. The van der Waals surface area contributed by atoms with Crippen LogP contribution in [0.15, 0.2) is 54.9 Å². The summed E-state index contributed by atoms with van der Waals surface area (Å²) in [5, 5.41) is 11.2. The van der Waals surface area contributed by atoms with Crippen LogP contribution < -0.4 is 0 Å². The van der Waals surface area contributed by atoms with Gasteiger partial charge in [0.15, 0.2) is 5.78 Å². The van der Waals surface area contributed by atoms with Crippen molar-refractivity contribution in [2.45, 2.75) is 57.5 Å². The predicted octanol–water partition coefficient (Wildman–Crippen LogP) is 5.12. The molecule has 1 saturated carbocycles. The number of ketones is 1. The van der Waals surface area contributed by atoms with Crippen LogP contribution in [0.25, 0.3) is 10.9 Å². The van der Waals surface area contributed by atoms with Crippen LogP contribution in [0.1, 0.15) is 66.6 Å². The second kappa shape index (κ2) is 9.27. The van der Waals surface area contributed by atoms with Crippen molar-refractivity contribution in [1.29, 1.82) is 0 Å². The van der Waals surface area contributed by atoms with Crippen LogP contribution in [-0.4, -0.2) is 27.0 Å². The number of para-hydroxylation sites is 1.